The van der Waals surface area contributed by atoms with E-state index in [0.29, 0.717) is 0 Å². The molecule has 5 N–H and O–H groups in total. The van der Waals surface area contributed by atoms with E-state index in [4.69, 9.17) is 14.5 Å². The Balaban J connectivity index is 1.96. The van der Waals surface area contributed by atoms with Gasteiger partial charge in [-0.1, -0.05) is 0 Å². The first-order valence-electron chi connectivity index (χ1n) is 6.36. The highest BCUT2D eigenvalue weighted by Crippen LogP contribution is 2.44. The summed E-state index contributed by atoms with van der Waals surface area (Å²) in [5.74, 6) is -0.372. The first kappa shape index (κ1) is 16.2. The van der Waals surface area contributed by atoms with E-state index in [1.807, 2.05) is 0 Å². The number of aliphatic hydroxyl groups excluding tert-OH is 2. The average Bonchev–Trinajstić information content (AvgIpc) is 3.01. The molecule has 0 spiro atoms. The maximum atomic E-state index is 11.0. The lowest BCUT2D eigenvalue weighted by atomic mass is 10.1. The molecule has 12 nitrogen and oxygen atoms in total. The van der Waals surface area contributed by atoms with Crippen LogP contribution in [0.3, 0.4) is 0 Å². The maximum absolute atomic E-state index is 11.0. The Morgan fingerprint density at radius 1 is 1.35 bits per heavy atom. The molecule has 0 unspecified atom stereocenters. The van der Waals surface area contributed by atoms with Crippen LogP contribution in [0.2, 0.25) is 0 Å². The van der Waals surface area contributed by atoms with Crippen LogP contribution in [0.5, 0.6) is 5.88 Å². The van der Waals surface area contributed by atoms with E-state index in [-0.39, 0.29) is 17.0 Å². The molecule has 0 amide bonds. The number of imidazole rings is 1. The zero-order valence-corrected chi connectivity index (χ0v) is 12.3. The van der Waals surface area contributed by atoms with Gasteiger partial charge in [-0.05, 0) is 0 Å². The fourth-order valence-corrected chi connectivity index (χ4v) is 2.99. The molecule has 1 saturated heterocycles. The molecule has 126 valence electrons. The first-order chi connectivity index (χ1) is 10.8. The van der Waals surface area contributed by atoms with Gasteiger partial charge in [-0.25, -0.2) is 14.5 Å². The quantitative estimate of drug-likeness (QED) is 0.396. The number of hydrogen-bond acceptors (Lipinski definition) is 9. The summed E-state index contributed by atoms with van der Waals surface area (Å²) < 4.78 is 22.1. The van der Waals surface area contributed by atoms with Gasteiger partial charge in [-0.3, -0.25) is 9.09 Å². The van der Waals surface area contributed by atoms with Crippen LogP contribution in [0.4, 0.5) is 0 Å². The number of aromatic nitrogens is 4. The standard InChI is InChI=1S/C10H13N4O8P/c15-1-4-7(22-23(18,19)20)6(16)10(21-4)14-3-13-5-8(14)11-2-12-9(5)17/h2-4,6-7,10,15-16H,1H2,(H,11,12,17)(H2,18,19,20)/t4-,6+,7-,10-/m1/s1. The topological polar surface area (TPSA) is 180 Å². The van der Waals surface area contributed by atoms with E-state index in [9.17, 15) is 19.9 Å². The molecule has 0 aromatic carbocycles. The van der Waals surface area contributed by atoms with Gasteiger partial charge in [0.2, 0.25) is 5.88 Å². The van der Waals surface area contributed by atoms with E-state index in [1.54, 1.807) is 0 Å². The van der Waals surface area contributed by atoms with Crippen LogP contribution in [-0.2, 0) is 13.8 Å². The molecule has 1 fully saturated rings. The summed E-state index contributed by atoms with van der Waals surface area (Å²) in [6.45, 7) is -0.634. The molecule has 1 aliphatic heterocycles. The Morgan fingerprint density at radius 2 is 2.09 bits per heavy atom. The van der Waals surface area contributed by atoms with Gasteiger partial charge < -0.3 is 29.8 Å². The highest BCUT2D eigenvalue weighted by molar-refractivity contribution is 7.46. The lowest BCUT2D eigenvalue weighted by Crippen LogP contribution is -2.35. The van der Waals surface area contributed by atoms with Gasteiger partial charge in [0, 0.05) is 0 Å². The third-order valence-electron chi connectivity index (χ3n) is 3.36. The second kappa shape index (κ2) is 5.76. The summed E-state index contributed by atoms with van der Waals surface area (Å²) in [7, 11) is -4.90. The molecule has 13 heteroatoms. The Kier molecular flexibility index (Phi) is 4.06. The first-order valence-corrected chi connectivity index (χ1v) is 7.89. The van der Waals surface area contributed by atoms with Gasteiger partial charge in [-0.2, -0.15) is 4.98 Å². The van der Waals surface area contributed by atoms with Crippen molar-refractivity contribution in [1.82, 2.24) is 19.5 Å². The van der Waals surface area contributed by atoms with Gasteiger partial charge in [-0.15, -0.1) is 0 Å². The van der Waals surface area contributed by atoms with Crippen LogP contribution in [-0.4, -0.2) is 69.5 Å². The van der Waals surface area contributed by atoms with Gasteiger partial charge in [0.1, 0.15) is 24.6 Å². The third kappa shape index (κ3) is 2.93. The molecule has 2 aromatic rings. The van der Waals surface area contributed by atoms with Crippen molar-refractivity contribution < 1.29 is 38.9 Å². The summed E-state index contributed by atoms with van der Waals surface area (Å²) >= 11 is 0. The van der Waals surface area contributed by atoms with Crippen molar-refractivity contribution in [2.45, 2.75) is 24.5 Å². The highest BCUT2D eigenvalue weighted by Gasteiger charge is 2.48. The maximum Gasteiger partial charge on any atom is 0.470 e. The molecule has 0 radical (unpaired) electrons. The van der Waals surface area contributed by atoms with Crippen molar-refractivity contribution in [2.75, 3.05) is 6.61 Å². The normalized spacial score (nSPS) is 28.5. The van der Waals surface area contributed by atoms with Crippen LogP contribution in [0.25, 0.3) is 11.2 Å². The summed E-state index contributed by atoms with van der Waals surface area (Å²) in [4.78, 5) is 29.2. The second-order valence-corrected chi connectivity index (χ2v) is 6.01. The predicted molar refractivity (Wildman–Crippen MR) is 70.9 cm³/mol. The number of phosphoric ester groups is 1. The van der Waals surface area contributed by atoms with Crippen molar-refractivity contribution in [3.05, 3.63) is 12.7 Å². The Labute approximate surface area is 128 Å². The summed E-state index contributed by atoms with van der Waals surface area (Å²) in [5, 5.41) is 29.1. The molecular formula is C10H13N4O8P. The fourth-order valence-electron chi connectivity index (χ4n) is 2.41. The van der Waals surface area contributed by atoms with E-state index in [0.717, 1.165) is 6.33 Å². The number of phosphoric acid groups is 1. The van der Waals surface area contributed by atoms with Crippen LogP contribution >= 0.6 is 7.82 Å². The zero-order chi connectivity index (χ0) is 16.8. The second-order valence-electron chi connectivity index (χ2n) is 4.82. The third-order valence-corrected chi connectivity index (χ3v) is 3.88. The molecule has 3 rings (SSSR count). The number of aliphatic hydroxyl groups is 2. The van der Waals surface area contributed by atoms with E-state index in [2.05, 4.69) is 19.5 Å². The largest absolute Gasteiger partial charge is 0.492 e. The van der Waals surface area contributed by atoms with Crippen LogP contribution in [0.15, 0.2) is 12.7 Å². The number of aromatic hydroxyl groups is 1. The highest BCUT2D eigenvalue weighted by atomic mass is 31.2. The molecule has 4 atom stereocenters. The average molecular weight is 348 g/mol. The van der Waals surface area contributed by atoms with Crippen molar-refractivity contribution >= 4 is 19.0 Å². The predicted octanol–water partition coefficient (Wildman–Crippen LogP) is -1.74. The minimum Gasteiger partial charge on any atom is -0.492 e. The van der Waals surface area contributed by atoms with Gasteiger partial charge in [0.25, 0.3) is 0 Å². The van der Waals surface area contributed by atoms with E-state index < -0.39 is 39.0 Å². The molecule has 0 aliphatic carbocycles. The molecule has 1 aliphatic rings. The fraction of sp³-hybridized carbons (Fsp3) is 0.500. The number of fused-ring (bicyclic) bond motifs is 1. The molecule has 23 heavy (non-hydrogen) atoms. The van der Waals surface area contributed by atoms with Crippen LogP contribution < -0.4 is 0 Å². The summed E-state index contributed by atoms with van der Waals surface area (Å²) in [6, 6.07) is 0. The minimum atomic E-state index is -4.90. The molecule has 0 bridgehead atoms. The summed E-state index contributed by atoms with van der Waals surface area (Å²) in [5.41, 5.74) is 0.193. The lowest BCUT2D eigenvalue weighted by molar-refractivity contribution is -0.0509. The SMILES string of the molecule is O=P(O)(O)O[C@H]1[C@H](O)[C@H](n2cnc3c(O)ncnc32)O[C@@H]1CO. The van der Waals surface area contributed by atoms with E-state index >= 15 is 0 Å². The van der Waals surface area contributed by atoms with E-state index in [1.165, 1.54) is 10.9 Å². The van der Waals surface area contributed by atoms with Crippen molar-refractivity contribution in [3.63, 3.8) is 0 Å². The lowest BCUT2D eigenvalue weighted by Gasteiger charge is -2.19. The monoisotopic (exact) mass is 348 g/mol. The smallest absolute Gasteiger partial charge is 0.470 e. The van der Waals surface area contributed by atoms with Crippen molar-refractivity contribution in [2.24, 2.45) is 0 Å². The van der Waals surface area contributed by atoms with Gasteiger partial charge >= 0.3 is 7.82 Å². The number of hydrogen-bond donors (Lipinski definition) is 5. The van der Waals surface area contributed by atoms with Gasteiger partial charge in [0.05, 0.1) is 12.9 Å². The van der Waals surface area contributed by atoms with Crippen molar-refractivity contribution in [1.29, 1.82) is 0 Å². The number of nitrogens with zero attached hydrogens (tertiary/aromatic N) is 4. The van der Waals surface area contributed by atoms with Crippen LogP contribution in [0.1, 0.15) is 6.23 Å². The van der Waals surface area contributed by atoms with Gasteiger partial charge in [0.15, 0.2) is 17.4 Å². The number of rotatable bonds is 4. The molecular weight excluding hydrogens is 335 g/mol. The molecule has 2 aromatic heterocycles. The van der Waals surface area contributed by atoms with Crippen molar-refractivity contribution in [3.8, 4) is 5.88 Å². The molecule has 3 heterocycles. The Morgan fingerprint density at radius 3 is 2.74 bits per heavy atom. The number of ether oxygens (including phenoxy) is 1. The zero-order valence-electron chi connectivity index (χ0n) is 11.4. The summed E-state index contributed by atoms with van der Waals surface area (Å²) in [6.07, 6.45) is -3.04. The minimum absolute atomic E-state index is 0.0585. The molecule has 0 saturated carbocycles. The Bertz CT molecular complexity index is 762. The Hall–Kier alpha value is -1.66. The van der Waals surface area contributed by atoms with Crippen LogP contribution in [0, 0.1) is 0 Å².